The van der Waals surface area contributed by atoms with Crippen LogP contribution in [-0.2, 0) is 13.0 Å². The number of azo groups is 1. The van der Waals surface area contributed by atoms with E-state index in [0.717, 1.165) is 15.9 Å². The number of nitriles is 1. The van der Waals surface area contributed by atoms with Crippen molar-refractivity contribution in [2.75, 3.05) is 7.11 Å². The van der Waals surface area contributed by atoms with Crippen LogP contribution in [0.5, 0.6) is 11.6 Å². The minimum Gasteiger partial charge on any atom is -0.497 e. The van der Waals surface area contributed by atoms with Crippen molar-refractivity contribution >= 4 is 34.6 Å². The van der Waals surface area contributed by atoms with E-state index in [1.807, 2.05) is 30.3 Å². The molecule has 158 valence electrons. The molecule has 0 bridgehead atoms. The molecular weight excluding hydrogens is 439 g/mol. The minimum atomic E-state index is -0.550. The molecule has 1 N–H and O–H groups in total. The highest BCUT2D eigenvalue weighted by molar-refractivity contribution is 6.42. The number of hydrogen-bond donors (Lipinski definition) is 1. The van der Waals surface area contributed by atoms with Crippen molar-refractivity contribution < 1.29 is 9.84 Å². The number of nitrogens with zero attached hydrogens (tertiary/aromatic N) is 4. The van der Waals surface area contributed by atoms with Crippen molar-refractivity contribution in [3.63, 3.8) is 0 Å². The molecule has 1 aromatic heterocycles. The van der Waals surface area contributed by atoms with Crippen molar-refractivity contribution in [1.82, 2.24) is 4.57 Å². The van der Waals surface area contributed by atoms with Crippen molar-refractivity contribution in [3.8, 4) is 17.7 Å². The number of aryl methyl sites for hydroxylation is 1. The summed E-state index contributed by atoms with van der Waals surface area (Å²) >= 11 is 11.9. The van der Waals surface area contributed by atoms with E-state index >= 15 is 0 Å². The van der Waals surface area contributed by atoms with E-state index < -0.39 is 11.4 Å². The van der Waals surface area contributed by atoms with Crippen LogP contribution in [0.25, 0.3) is 0 Å². The summed E-state index contributed by atoms with van der Waals surface area (Å²) < 4.78 is 6.26. The molecule has 0 aliphatic heterocycles. The molecule has 0 saturated heterocycles. The fourth-order valence-electron chi connectivity index (χ4n) is 2.95. The SMILES string of the molecule is COc1ccc(CCn2c(O)c(C#N)c(C)c(N=Nc3ccc(Cl)c(Cl)c3)c2=O)cc1. The number of aromatic hydroxyl groups is 1. The first-order valence-electron chi connectivity index (χ1n) is 9.22. The minimum absolute atomic E-state index is 0.0302. The van der Waals surface area contributed by atoms with E-state index in [1.54, 1.807) is 19.2 Å². The lowest BCUT2D eigenvalue weighted by Gasteiger charge is -2.13. The number of methoxy groups -OCH3 is 1. The van der Waals surface area contributed by atoms with Crippen LogP contribution in [0.1, 0.15) is 16.7 Å². The van der Waals surface area contributed by atoms with Crippen molar-refractivity contribution in [3.05, 3.63) is 79.6 Å². The number of pyridine rings is 1. The molecule has 9 heteroatoms. The Morgan fingerprint density at radius 1 is 1.13 bits per heavy atom. The van der Waals surface area contributed by atoms with Gasteiger partial charge in [-0.25, -0.2) is 0 Å². The molecule has 0 atom stereocenters. The Hall–Kier alpha value is -3.34. The molecule has 7 nitrogen and oxygen atoms in total. The Labute approximate surface area is 188 Å². The van der Waals surface area contributed by atoms with Crippen molar-refractivity contribution in [1.29, 1.82) is 5.26 Å². The van der Waals surface area contributed by atoms with Gasteiger partial charge in [0.05, 0.1) is 22.8 Å². The maximum absolute atomic E-state index is 13.0. The number of ether oxygens (including phenoxy) is 1. The molecule has 1 heterocycles. The summed E-state index contributed by atoms with van der Waals surface area (Å²) in [5.74, 6) is 0.322. The number of halogens is 2. The van der Waals surface area contributed by atoms with E-state index in [2.05, 4.69) is 10.2 Å². The molecule has 0 amide bonds. The first-order chi connectivity index (χ1) is 14.8. The van der Waals surface area contributed by atoms with E-state index in [-0.39, 0.29) is 23.4 Å². The highest BCUT2D eigenvalue weighted by Crippen LogP contribution is 2.30. The Bertz CT molecular complexity index is 1250. The highest BCUT2D eigenvalue weighted by Gasteiger charge is 2.19. The van der Waals surface area contributed by atoms with E-state index in [0.29, 0.717) is 22.2 Å². The molecule has 3 rings (SSSR count). The van der Waals surface area contributed by atoms with Crippen molar-refractivity contribution in [2.45, 2.75) is 19.9 Å². The summed E-state index contributed by atoms with van der Waals surface area (Å²) in [5.41, 5.74) is 0.961. The van der Waals surface area contributed by atoms with Gasteiger partial charge >= 0.3 is 0 Å². The predicted octanol–water partition coefficient (Wildman–Crippen LogP) is 5.71. The topological polar surface area (TPSA) is 100.0 Å². The number of benzene rings is 2. The zero-order valence-corrected chi connectivity index (χ0v) is 18.3. The fraction of sp³-hybridized carbons (Fsp3) is 0.182. The van der Waals surface area contributed by atoms with Crippen LogP contribution in [0.3, 0.4) is 0 Å². The number of rotatable bonds is 6. The van der Waals surface area contributed by atoms with Crippen LogP contribution < -0.4 is 10.3 Å². The van der Waals surface area contributed by atoms with Gasteiger partial charge in [-0.3, -0.25) is 9.36 Å². The molecule has 0 aliphatic carbocycles. The molecule has 0 radical (unpaired) electrons. The van der Waals surface area contributed by atoms with E-state index in [1.165, 1.54) is 13.0 Å². The van der Waals surface area contributed by atoms with Crippen LogP contribution in [0.4, 0.5) is 11.4 Å². The molecule has 2 aromatic carbocycles. The highest BCUT2D eigenvalue weighted by atomic mass is 35.5. The number of hydrogen-bond acceptors (Lipinski definition) is 6. The summed E-state index contributed by atoms with van der Waals surface area (Å²) in [7, 11) is 1.58. The average Bonchev–Trinajstić information content (AvgIpc) is 2.76. The molecule has 0 spiro atoms. The standard InChI is InChI=1S/C22H18Cl2N4O3/c1-13-17(12-25)21(29)28(10-9-14-3-6-16(31-2)7-4-14)22(30)20(13)27-26-15-5-8-18(23)19(24)11-15/h3-8,11,29H,9-10H2,1-2H3. The van der Waals surface area contributed by atoms with E-state index in [9.17, 15) is 15.2 Å². The Kier molecular flexibility index (Phi) is 6.95. The van der Waals surface area contributed by atoms with Gasteiger partial charge in [0.15, 0.2) is 5.69 Å². The lowest BCUT2D eigenvalue weighted by atomic mass is 10.1. The molecule has 0 aliphatic rings. The average molecular weight is 457 g/mol. The lowest BCUT2D eigenvalue weighted by molar-refractivity contribution is 0.403. The Morgan fingerprint density at radius 2 is 1.84 bits per heavy atom. The van der Waals surface area contributed by atoms with Gasteiger partial charge in [-0.15, -0.1) is 5.11 Å². The van der Waals surface area contributed by atoms with Crippen LogP contribution in [0.2, 0.25) is 10.0 Å². The third kappa shape index (κ3) is 4.88. The monoisotopic (exact) mass is 456 g/mol. The van der Waals surface area contributed by atoms with Crippen molar-refractivity contribution in [2.24, 2.45) is 10.2 Å². The van der Waals surface area contributed by atoms with Gasteiger partial charge in [-0.1, -0.05) is 35.3 Å². The van der Waals surface area contributed by atoms with Gasteiger partial charge < -0.3 is 9.84 Å². The third-order valence-corrected chi connectivity index (χ3v) is 5.46. The zero-order valence-electron chi connectivity index (χ0n) is 16.8. The molecular formula is C22H18Cl2N4O3. The normalized spacial score (nSPS) is 10.9. The molecule has 31 heavy (non-hydrogen) atoms. The van der Waals surface area contributed by atoms with Gasteiger partial charge in [0, 0.05) is 12.1 Å². The first-order valence-corrected chi connectivity index (χ1v) is 9.97. The third-order valence-electron chi connectivity index (χ3n) is 4.72. The van der Waals surface area contributed by atoms with E-state index in [4.69, 9.17) is 27.9 Å². The smallest absolute Gasteiger partial charge is 0.281 e. The summed E-state index contributed by atoms with van der Waals surface area (Å²) in [6, 6.07) is 14.0. The largest absolute Gasteiger partial charge is 0.497 e. The molecule has 3 aromatic rings. The van der Waals surface area contributed by atoms with Gasteiger partial charge in [-0.2, -0.15) is 10.4 Å². The second-order valence-electron chi connectivity index (χ2n) is 6.64. The summed E-state index contributed by atoms with van der Waals surface area (Å²) in [5, 5.41) is 28.8. The maximum atomic E-state index is 13.0. The Balaban J connectivity index is 1.97. The van der Waals surface area contributed by atoms with Crippen LogP contribution >= 0.6 is 23.2 Å². The van der Waals surface area contributed by atoms with Crippen LogP contribution in [-0.4, -0.2) is 16.8 Å². The molecule has 0 unspecified atom stereocenters. The van der Waals surface area contributed by atoms with Gasteiger partial charge in [0.25, 0.3) is 5.56 Å². The predicted molar refractivity (Wildman–Crippen MR) is 119 cm³/mol. The molecule has 0 saturated carbocycles. The summed E-state index contributed by atoms with van der Waals surface area (Å²) in [4.78, 5) is 13.0. The maximum Gasteiger partial charge on any atom is 0.281 e. The fourth-order valence-corrected chi connectivity index (χ4v) is 3.24. The lowest BCUT2D eigenvalue weighted by Crippen LogP contribution is -2.22. The first kappa shape index (κ1) is 22.3. The van der Waals surface area contributed by atoms with Gasteiger partial charge in [0.2, 0.25) is 5.88 Å². The second kappa shape index (κ2) is 9.65. The van der Waals surface area contributed by atoms with Crippen LogP contribution in [0.15, 0.2) is 57.5 Å². The number of aromatic nitrogens is 1. The summed E-state index contributed by atoms with van der Waals surface area (Å²) in [6.07, 6.45) is 0.453. The quantitative estimate of drug-likeness (QED) is 0.480. The second-order valence-corrected chi connectivity index (χ2v) is 7.45. The summed E-state index contributed by atoms with van der Waals surface area (Å²) in [6.45, 7) is 1.69. The zero-order chi connectivity index (χ0) is 22.5. The molecule has 0 fully saturated rings. The van der Waals surface area contributed by atoms with Gasteiger partial charge in [0.1, 0.15) is 17.4 Å². The van der Waals surface area contributed by atoms with Crippen LogP contribution in [0, 0.1) is 18.3 Å². The van der Waals surface area contributed by atoms with Gasteiger partial charge in [-0.05, 0) is 49.2 Å². The Morgan fingerprint density at radius 3 is 2.45 bits per heavy atom.